The van der Waals surface area contributed by atoms with Gasteiger partial charge in [0.05, 0.1) is 0 Å². The van der Waals surface area contributed by atoms with Gasteiger partial charge in [0, 0.05) is 5.39 Å². The van der Waals surface area contributed by atoms with Gasteiger partial charge in [-0.2, -0.15) is 0 Å². The second-order valence-corrected chi connectivity index (χ2v) is 2.99. The molecule has 0 unspecified atom stereocenters. The van der Waals surface area contributed by atoms with Crippen LogP contribution in [0, 0.1) is 0 Å². The molecule has 0 saturated heterocycles. The molecule has 3 N–H and O–H groups in total. The number of hydroxylamine groups is 1. The normalized spacial score (nSPS) is 10.2. The molecule has 0 spiro atoms. The number of fused-ring (bicyclic) bond motifs is 1. The van der Waals surface area contributed by atoms with Crippen LogP contribution in [-0.4, -0.2) is 21.2 Å². The summed E-state index contributed by atoms with van der Waals surface area (Å²) < 4.78 is 0. The molecule has 2 aromatic rings. The van der Waals surface area contributed by atoms with Crippen LogP contribution in [0.5, 0.6) is 5.75 Å². The lowest BCUT2D eigenvalue weighted by molar-refractivity contribution is 0.0701. The molecule has 0 radical (unpaired) electrons. The molecule has 0 fully saturated rings. The Morgan fingerprint density at radius 3 is 2.80 bits per heavy atom. The highest BCUT2D eigenvalue weighted by Gasteiger charge is 2.08. The molecule has 0 bridgehead atoms. The first kappa shape index (κ1) is 9.42. The molecule has 0 aliphatic rings. The Morgan fingerprint density at radius 2 is 2.07 bits per heavy atom. The Morgan fingerprint density at radius 1 is 1.27 bits per heavy atom. The maximum absolute atomic E-state index is 11.1. The van der Waals surface area contributed by atoms with E-state index < -0.39 is 5.91 Å². The number of phenols is 1. The van der Waals surface area contributed by atoms with Gasteiger partial charge in [-0.3, -0.25) is 10.0 Å². The van der Waals surface area contributed by atoms with E-state index in [1.165, 1.54) is 17.6 Å². The van der Waals surface area contributed by atoms with Gasteiger partial charge in [0.2, 0.25) is 0 Å². The van der Waals surface area contributed by atoms with Crippen LogP contribution < -0.4 is 5.48 Å². The topological polar surface area (TPSA) is 82.5 Å². The van der Waals surface area contributed by atoms with E-state index in [1.54, 1.807) is 18.2 Å². The number of nitrogens with zero attached hydrogens (tertiary/aromatic N) is 1. The van der Waals surface area contributed by atoms with E-state index in [2.05, 4.69) is 4.98 Å². The van der Waals surface area contributed by atoms with Crippen molar-refractivity contribution in [1.29, 1.82) is 0 Å². The molecule has 76 valence electrons. The molecule has 1 aromatic heterocycles. The SMILES string of the molecule is O=C(NO)c1ccc2cccc(O)c2n1. The van der Waals surface area contributed by atoms with E-state index in [1.807, 2.05) is 0 Å². The van der Waals surface area contributed by atoms with E-state index in [-0.39, 0.29) is 11.4 Å². The number of aromatic nitrogens is 1. The molecule has 1 heterocycles. The minimum absolute atomic E-state index is 0.0000831. The number of hydrogen-bond donors (Lipinski definition) is 3. The average Bonchev–Trinajstić information content (AvgIpc) is 2.28. The third kappa shape index (κ3) is 1.60. The summed E-state index contributed by atoms with van der Waals surface area (Å²) in [6.45, 7) is 0. The van der Waals surface area contributed by atoms with Gasteiger partial charge in [-0.05, 0) is 12.1 Å². The minimum Gasteiger partial charge on any atom is -0.506 e. The van der Waals surface area contributed by atoms with Gasteiger partial charge in [-0.1, -0.05) is 18.2 Å². The molecule has 0 aliphatic carbocycles. The zero-order chi connectivity index (χ0) is 10.8. The maximum atomic E-state index is 11.1. The zero-order valence-corrected chi connectivity index (χ0v) is 7.64. The summed E-state index contributed by atoms with van der Waals surface area (Å²) in [5.41, 5.74) is 1.86. The fourth-order valence-electron chi connectivity index (χ4n) is 1.32. The average molecular weight is 204 g/mol. The highest BCUT2D eigenvalue weighted by molar-refractivity contribution is 5.95. The number of rotatable bonds is 1. The molecule has 2 rings (SSSR count). The van der Waals surface area contributed by atoms with Crippen LogP contribution in [0.3, 0.4) is 0 Å². The highest BCUT2D eigenvalue weighted by atomic mass is 16.5. The third-order valence-corrected chi connectivity index (χ3v) is 2.03. The van der Waals surface area contributed by atoms with Gasteiger partial charge in [-0.15, -0.1) is 0 Å². The molecular formula is C10H8N2O3. The summed E-state index contributed by atoms with van der Waals surface area (Å²) in [6, 6.07) is 8.05. The van der Waals surface area contributed by atoms with Crippen molar-refractivity contribution < 1.29 is 15.1 Å². The van der Waals surface area contributed by atoms with Crippen LogP contribution in [0.15, 0.2) is 30.3 Å². The maximum Gasteiger partial charge on any atom is 0.293 e. The summed E-state index contributed by atoms with van der Waals surface area (Å²) in [5, 5.41) is 18.6. The lowest BCUT2D eigenvalue weighted by Crippen LogP contribution is -2.19. The lowest BCUT2D eigenvalue weighted by atomic mass is 10.2. The molecule has 0 atom stereocenters. The molecule has 1 aromatic carbocycles. The quantitative estimate of drug-likeness (QED) is 0.479. The summed E-state index contributed by atoms with van der Waals surface area (Å²) in [7, 11) is 0. The second-order valence-electron chi connectivity index (χ2n) is 2.99. The molecule has 1 amide bonds. The summed E-state index contributed by atoms with van der Waals surface area (Å²) in [6.07, 6.45) is 0. The van der Waals surface area contributed by atoms with Gasteiger partial charge >= 0.3 is 0 Å². The van der Waals surface area contributed by atoms with Crippen molar-refractivity contribution in [2.75, 3.05) is 0 Å². The number of benzene rings is 1. The standard InChI is InChI=1S/C10H8N2O3/c13-8-3-1-2-6-4-5-7(10(14)12-15)11-9(6)8/h1-5,13,15H,(H,12,14). The smallest absolute Gasteiger partial charge is 0.293 e. The number of carbonyl (C=O) groups is 1. The molecule has 0 aliphatic heterocycles. The number of phenolic OH excluding ortho intramolecular Hbond substituents is 1. The summed E-state index contributed by atoms with van der Waals surface area (Å²) in [4.78, 5) is 15.0. The lowest BCUT2D eigenvalue weighted by Gasteiger charge is -2.02. The van der Waals surface area contributed by atoms with Crippen molar-refractivity contribution >= 4 is 16.8 Å². The number of para-hydroxylation sites is 1. The van der Waals surface area contributed by atoms with Gasteiger partial charge in [-0.25, -0.2) is 10.5 Å². The summed E-state index contributed by atoms with van der Waals surface area (Å²) in [5.74, 6) is -0.708. The van der Waals surface area contributed by atoms with Crippen LogP contribution in [-0.2, 0) is 0 Å². The van der Waals surface area contributed by atoms with E-state index in [9.17, 15) is 9.90 Å². The first-order valence-corrected chi connectivity index (χ1v) is 4.25. The number of carbonyl (C=O) groups excluding carboxylic acids is 1. The number of pyridine rings is 1. The van der Waals surface area contributed by atoms with Gasteiger partial charge < -0.3 is 5.11 Å². The van der Waals surface area contributed by atoms with Crippen molar-refractivity contribution in [1.82, 2.24) is 10.5 Å². The van der Waals surface area contributed by atoms with Crippen LogP contribution in [0.1, 0.15) is 10.5 Å². The number of amides is 1. The van der Waals surface area contributed by atoms with Crippen molar-refractivity contribution in [3.63, 3.8) is 0 Å². The largest absolute Gasteiger partial charge is 0.506 e. The molecule has 5 nitrogen and oxygen atoms in total. The summed E-state index contributed by atoms with van der Waals surface area (Å²) >= 11 is 0. The van der Waals surface area contributed by atoms with Gasteiger partial charge in [0.25, 0.3) is 5.91 Å². The molecular weight excluding hydrogens is 196 g/mol. The molecule has 0 saturated carbocycles. The first-order valence-electron chi connectivity index (χ1n) is 4.25. The molecule has 15 heavy (non-hydrogen) atoms. The predicted octanol–water partition coefficient (Wildman–Crippen LogP) is 1.06. The fraction of sp³-hybridized carbons (Fsp3) is 0. The van der Waals surface area contributed by atoms with Crippen molar-refractivity contribution in [3.8, 4) is 5.75 Å². The van der Waals surface area contributed by atoms with Crippen LogP contribution >= 0.6 is 0 Å². The van der Waals surface area contributed by atoms with Crippen LogP contribution in [0.25, 0.3) is 10.9 Å². The zero-order valence-electron chi connectivity index (χ0n) is 7.64. The number of aromatic hydroxyl groups is 1. The van der Waals surface area contributed by atoms with Crippen LogP contribution in [0.4, 0.5) is 0 Å². The fourth-order valence-corrected chi connectivity index (χ4v) is 1.32. The highest BCUT2D eigenvalue weighted by Crippen LogP contribution is 2.22. The van der Waals surface area contributed by atoms with E-state index >= 15 is 0 Å². The van der Waals surface area contributed by atoms with Crippen molar-refractivity contribution in [2.45, 2.75) is 0 Å². The Balaban J connectivity index is 2.64. The Kier molecular flexibility index (Phi) is 2.23. The monoisotopic (exact) mass is 204 g/mol. The predicted molar refractivity (Wildman–Crippen MR) is 52.7 cm³/mol. The Bertz CT molecular complexity index is 525. The van der Waals surface area contributed by atoms with E-state index in [0.717, 1.165) is 5.39 Å². The van der Waals surface area contributed by atoms with Crippen molar-refractivity contribution in [2.24, 2.45) is 0 Å². The number of hydrogen-bond acceptors (Lipinski definition) is 4. The minimum atomic E-state index is -0.708. The van der Waals surface area contributed by atoms with Gasteiger partial charge in [0.15, 0.2) is 0 Å². The second kappa shape index (κ2) is 3.55. The Labute approximate surface area is 85.0 Å². The van der Waals surface area contributed by atoms with E-state index in [4.69, 9.17) is 5.21 Å². The van der Waals surface area contributed by atoms with Gasteiger partial charge in [0.1, 0.15) is 17.0 Å². The Hall–Kier alpha value is -2.14. The number of nitrogens with one attached hydrogen (secondary N) is 1. The molecule has 5 heteroatoms. The van der Waals surface area contributed by atoms with Crippen LogP contribution in [0.2, 0.25) is 0 Å². The first-order chi connectivity index (χ1) is 7.22. The van der Waals surface area contributed by atoms with E-state index in [0.29, 0.717) is 5.52 Å². The van der Waals surface area contributed by atoms with Crippen molar-refractivity contribution in [3.05, 3.63) is 36.0 Å². The third-order valence-electron chi connectivity index (χ3n) is 2.03.